The van der Waals surface area contributed by atoms with Crippen molar-refractivity contribution in [2.75, 3.05) is 32.7 Å². The summed E-state index contributed by atoms with van der Waals surface area (Å²) in [5.74, 6) is 0.520. The van der Waals surface area contributed by atoms with Crippen LogP contribution >= 0.6 is 0 Å². The number of urea groups is 1. The minimum atomic E-state index is 0.0789. The summed E-state index contributed by atoms with van der Waals surface area (Å²) in [7, 11) is 0. The van der Waals surface area contributed by atoms with Crippen molar-refractivity contribution in [3.8, 4) is 0 Å². The lowest BCUT2D eigenvalue weighted by Gasteiger charge is -2.27. The molecule has 1 rings (SSSR count). The summed E-state index contributed by atoms with van der Waals surface area (Å²) in [5.41, 5.74) is 0. The number of carbonyl (C=O) groups excluding carboxylic acids is 1. The Morgan fingerprint density at radius 1 is 1.46 bits per heavy atom. The lowest BCUT2D eigenvalue weighted by molar-refractivity contribution is 0.189. The molecule has 2 N–H and O–H groups in total. The topological polar surface area (TPSA) is 44.4 Å². The zero-order chi connectivity index (χ0) is 9.68. The van der Waals surface area contributed by atoms with Crippen molar-refractivity contribution in [3.63, 3.8) is 0 Å². The Morgan fingerprint density at radius 2 is 2.08 bits per heavy atom. The van der Waals surface area contributed by atoms with Crippen LogP contribution in [-0.2, 0) is 0 Å². The third-order valence-electron chi connectivity index (χ3n) is 2.07. The Morgan fingerprint density at radius 3 is 2.62 bits per heavy atom. The minimum absolute atomic E-state index is 0.0789. The Kier molecular flexibility index (Phi) is 4.02. The van der Waals surface area contributed by atoms with E-state index in [1.165, 1.54) is 0 Å². The van der Waals surface area contributed by atoms with Gasteiger partial charge in [0, 0.05) is 32.7 Å². The van der Waals surface area contributed by atoms with Gasteiger partial charge in [-0.1, -0.05) is 13.8 Å². The second-order valence-electron chi connectivity index (χ2n) is 3.82. The van der Waals surface area contributed by atoms with E-state index in [1.807, 2.05) is 4.90 Å². The summed E-state index contributed by atoms with van der Waals surface area (Å²) < 4.78 is 0. The van der Waals surface area contributed by atoms with Crippen LogP contribution in [0.15, 0.2) is 0 Å². The summed E-state index contributed by atoms with van der Waals surface area (Å²) >= 11 is 0. The number of rotatable bonds is 2. The quantitative estimate of drug-likeness (QED) is 0.648. The molecule has 0 bridgehead atoms. The first-order valence-electron chi connectivity index (χ1n) is 4.93. The number of hydrogen-bond donors (Lipinski definition) is 2. The molecule has 0 spiro atoms. The zero-order valence-electron chi connectivity index (χ0n) is 8.47. The van der Waals surface area contributed by atoms with Gasteiger partial charge in [0.15, 0.2) is 0 Å². The number of nitrogens with zero attached hydrogens (tertiary/aromatic N) is 1. The lowest BCUT2D eigenvalue weighted by Crippen LogP contribution is -2.50. The van der Waals surface area contributed by atoms with Crippen LogP contribution in [0.1, 0.15) is 13.8 Å². The van der Waals surface area contributed by atoms with E-state index in [9.17, 15) is 4.79 Å². The molecule has 1 aliphatic rings. The van der Waals surface area contributed by atoms with E-state index in [2.05, 4.69) is 24.5 Å². The smallest absolute Gasteiger partial charge is 0.317 e. The molecule has 0 aromatic heterocycles. The van der Waals surface area contributed by atoms with Gasteiger partial charge >= 0.3 is 6.03 Å². The summed E-state index contributed by atoms with van der Waals surface area (Å²) in [5, 5.41) is 6.12. The molecule has 0 aromatic rings. The molecular weight excluding hydrogens is 166 g/mol. The van der Waals surface area contributed by atoms with Crippen molar-refractivity contribution in [3.05, 3.63) is 0 Å². The van der Waals surface area contributed by atoms with Crippen LogP contribution in [0.3, 0.4) is 0 Å². The summed E-state index contributed by atoms with van der Waals surface area (Å²) in [6, 6.07) is 0.0789. The minimum Gasteiger partial charge on any atom is -0.338 e. The van der Waals surface area contributed by atoms with E-state index >= 15 is 0 Å². The Hall–Kier alpha value is -0.770. The highest BCUT2D eigenvalue weighted by Crippen LogP contribution is 1.94. The van der Waals surface area contributed by atoms with Crippen molar-refractivity contribution < 1.29 is 4.79 Å². The highest BCUT2D eigenvalue weighted by atomic mass is 16.2. The second kappa shape index (κ2) is 5.07. The second-order valence-corrected chi connectivity index (χ2v) is 3.82. The first-order chi connectivity index (χ1) is 6.20. The fraction of sp³-hybridized carbons (Fsp3) is 0.889. The van der Waals surface area contributed by atoms with Crippen LogP contribution in [0.5, 0.6) is 0 Å². The van der Waals surface area contributed by atoms with Crippen molar-refractivity contribution in [2.24, 2.45) is 5.92 Å². The van der Waals surface area contributed by atoms with Gasteiger partial charge in [-0.3, -0.25) is 0 Å². The van der Waals surface area contributed by atoms with Crippen molar-refractivity contribution in [2.45, 2.75) is 13.8 Å². The third kappa shape index (κ3) is 3.63. The average Bonchev–Trinajstić information content (AvgIpc) is 2.15. The molecule has 0 saturated carbocycles. The molecule has 76 valence electrons. The normalized spacial score (nSPS) is 17.6. The Labute approximate surface area is 79.7 Å². The van der Waals surface area contributed by atoms with Gasteiger partial charge in [0.25, 0.3) is 0 Å². The maximum absolute atomic E-state index is 11.5. The van der Waals surface area contributed by atoms with Gasteiger partial charge < -0.3 is 15.5 Å². The molecule has 4 heteroatoms. The molecular formula is C9H19N3O. The predicted molar refractivity (Wildman–Crippen MR) is 52.7 cm³/mol. The van der Waals surface area contributed by atoms with Gasteiger partial charge in [-0.15, -0.1) is 0 Å². The molecule has 2 amide bonds. The van der Waals surface area contributed by atoms with Crippen LogP contribution < -0.4 is 10.6 Å². The van der Waals surface area contributed by atoms with Gasteiger partial charge in [-0.2, -0.15) is 0 Å². The Bertz CT molecular complexity index is 164. The molecule has 4 nitrogen and oxygen atoms in total. The van der Waals surface area contributed by atoms with Crippen LogP contribution in [0, 0.1) is 5.92 Å². The summed E-state index contributed by atoms with van der Waals surface area (Å²) in [6.07, 6.45) is 0. The maximum atomic E-state index is 11.5. The fourth-order valence-corrected chi connectivity index (χ4v) is 1.27. The molecule has 0 atom stereocenters. The van der Waals surface area contributed by atoms with E-state index in [4.69, 9.17) is 0 Å². The van der Waals surface area contributed by atoms with Crippen molar-refractivity contribution in [1.29, 1.82) is 0 Å². The molecule has 0 aromatic carbocycles. The SMILES string of the molecule is CC(C)CNC(=O)N1CCNCC1. The Balaban J connectivity index is 2.21. The van der Waals surface area contributed by atoms with E-state index in [1.54, 1.807) is 0 Å². The highest BCUT2D eigenvalue weighted by molar-refractivity contribution is 5.74. The van der Waals surface area contributed by atoms with Gasteiger partial charge in [0.2, 0.25) is 0 Å². The van der Waals surface area contributed by atoms with Gasteiger partial charge in [0.1, 0.15) is 0 Å². The zero-order valence-corrected chi connectivity index (χ0v) is 8.47. The molecule has 1 saturated heterocycles. The third-order valence-corrected chi connectivity index (χ3v) is 2.07. The van der Waals surface area contributed by atoms with E-state index in [0.717, 1.165) is 32.7 Å². The molecule has 1 aliphatic heterocycles. The van der Waals surface area contributed by atoms with Crippen LogP contribution in [0.2, 0.25) is 0 Å². The fourth-order valence-electron chi connectivity index (χ4n) is 1.27. The molecule has 1 heterocycles. The van der Waals surface area contributed by atoms with Crippen molar-refractivity contribution in [1.82, 2.24) is 15.5 Å². The summed E-state index contributed by atoms with van der Waals surface area (Å²) in [6.45, 7) is 8.43. The van der Waals surface area contributed by atoms with Crippen LogP contribution in [0.4, 0.5) is 4.79 Å². The first-order valence-corrected chi connectivity index (χ1v) is 4.93. The van der Waals surface area contributed by atoms with E-state index in [-0.39, 0.29) is 6.03 Å². The number of piperazine rings is 1. The predicted octanol–water partition coefficient (Wildman–Crippen LogP) is 0.257. The first kappa shape index (κ1) is 10.3. The molecule has 0 aliphatic carbocycles. The standard InChI is InChI=1S/C9H19N3O/c1-8(2)7-11-9(13)12-5-3-10-4-6-12/h8,10H,3-7H2,1-2H3,(H,11,13). The number of hydrogen-bond acceptors (Lipinski definition) is 2. The molecule has 0 radical (unpaired) electrons. The number of nitrogens with one attached hydrogen (secondary N) is 2. The monoisotopic (exact) mass is 185 g/mol. The van der Waals surface area contributed by atoms with Gasteiger partial charge in [0.05, 0.1) is 0 Å². The van der Waals surface area contributed by atoms with Crippen LogP contribution in [0.25, 0.3) is 0 Å². The molecule has 13 heavy (non-hydrogen) atoms. The van der Waals surface area contributed by atoms with Crippen LogP contribution in [-0.4, -0.2) is 43.7 Å². The average molecular weight is 185 g/mol. The number of amides is 2. The highest BCUT2D eigenvalue weighted by Gasteiger charge is 2.15. The summed E-state index contributed by atoms with van der Waals surface area (Å²) in [4.78, 5) is 13.3. The molecule has 0 unspecified atom stereocenters. The number of carbonyl (C=O) groups is 1. The van der Waals surface area contributed by atoms with Gasteiger partial charge in [-0.25, -0.2) is 4.79 Å². The van der Waals surface area contributed by atoms with Gasteiger partial charge in [-0.05, 0) is 5.92 Å². The van der Waals surface area contributed by atoms with E-state index in [0.29, 0.717) is 5.92 Å². The van der Waals surface area contributed by atoms with E-state index < -0.39 is 0 Å². The largest absolute Gasteiger partial charge is 0.338 e. The van der Waals surface area contributed by atoms with Crippen molar-refractivity contribution >= 4 is 6.03 Å². The molecule has 1 fully saturated rings. The lowest BCUT2D eigenvalue weighted by atomic mass is 10.2. The maximum Gasteiger partial charge on any atom is 0.317 e.